The zero-order valence-electron chi connectivity index (χ0n) is 18.3. The number of ether oxygens (including phenoxy) is 1. The number of Topliss-reactive ketones (excluding diaryl/α,β-unsaturated/α-hetero) is 1. The monoisotopic (exact) mass is 446 g/mol. The minimum Gasteiger partial charge on any atom is -0.427 e. The van der Waals surface area contributed by atoms with E-state index in [0.717, 1.165) is 6.42 Å². The van der Waals surface area contributed by atoms with Crippen LogP contribution < -0.4 is 10.1 Å². The molecule has 2 amide bonds. The number of ketones is 1. The van der Waals surface area contributed by atoms with E-state index in [9.17, 15) is 14.4 Å². The number of carbonyl (C=O) groups is 3. The quantitative estimate of drug-likeness (QED) is 0.325. The fourth-order valence-electron chi connectivity index (χ4n) is 4.71. The van der Waals surface area contributed by atoms with E-state index in [1.54, 1.807) is 12.1 Å². The molecular weight excluding hydrogens is 416 g/mol. The lowest BCUT2D eigenvalue weighted by molar-refractivity contribution is -0.131. The third-order valence-electron chi connectivity index (χ3n) is 6.27. The first-order valence-corrected chi connectivity index (χ1v) is 11.6. The number of amides is 2. The summed E-state index contributed by atoms with van der Waals surface area (Å²) in [6, 6.07) is 3.82. The summed E-state index contributed by atoms with van der Waals surface area (Å²) >= 11 is 6.48. The number of aliphatic imine (C=N–C) groups is 1. The molecule has 0 radical (unpaired) electrons. The van der Waals surface area contributed by atoms with Crippen molar-refractivity contribution in [3.8, 4) is 5.75 Å². The Morgan fingerprint density at radius 2 is 1.90 bits per heavy atom. The standard InChI is InChI=1S/C24H31ClN2O4/c1-3-20-22(21(29)13-10-16-8-6-4-5-7-9-16)23(27-24(30)26-20)18-12-11-17(14-19(18)25)31-15(2)28/h11-12,14,16,22-23H,3-10,13H2,1-2H3,(H,27,30). The fraction of sp³-hybridized carbons (Fsp3) is 0.583. The molecule has 2 atom stereocenters. The molecule has 1 aliphatic heterocycles. The second kappa shape index (κ2) is 10.9. The molecule has 0 spiro atoms. The van der Waals surface area contributed by atoms with Crippen LogP contribution in [-0.4, -0.2) is 23.5 Å². The van der Waals surface area contributed by atoms with Crippen molar-refractivity contribution in [3.63, 3.8) is 0 Å². The smallest absolute Gasteiger partial charge is 0.341 e. The maximum Gasteiger partial charge on any atom is 0.341 e. The van der Waals surface area contributed by atoms with Crippen LogP contribution in [0.2, 0.25) is 5.02 Å². The number of benzene rings is 1. The van der Waals surface area contributed by atoms with E-state index >= 15 is 0 Å². The Hall–Kier alpha value is -2.21. The number of urea groups is 1. The minimum atomic E-state index is -0.583. The predicted octanol–water partition coefficient (Wildman–Crippen LogP) is 5.82. The van der Waals surface area contributed by atoms with Gasteiger partial charge in [-0.05, 0) is 36.5 Å². The first-order valence-electron chi connectivity index (χ1n) is 11.3. The van der Waals surface area contributed by atoms with Gasteiger partial charge in [0.15, 0.2) is 0 Å². The maximum absolute atomic E-state index is 13.4. The van der Waals surface area contributed by atoms with E-state index < -0.39 is 24.0 Å². The molecule has 0 aromatic heterocycles. The Bertz CT molecular complexity index is 859. The number of nitrogens with one attached hydrogen (secondary N) is 1. The summed E-state index contributed by atoms with van der Waals surface area (Å²) < 4.78 is 5.09. The molecule has 1 aromatic rings. The molecule has 1 heterocycles. The van der Waals surface area contributed by atoms with Crippen LogP contribution in [0, 0.1) is 11.8 Å². The van der Waals surface area contributed by atoms with Crippen LogP contribution in [0.15, 0.2) is 23.2 Å². The van der Waals surface area contributed by atoms with Crippen LogP contribution in [0.25, 0.3) is 0 Å². The zero-order valence-corrected chi connectivity index (χ0v) is 19.0. The van der Waals surface area contributed by atoms with Gasteiger partial charge in [0.1, 0.15) is 11.5 Å². The average molecular weight is 447 g/mol. The molecule has 1 N–H and O–H groups in total. The van der Waals surface area contributed by atoms with Gasteiger partial charge in [-0.3, -0.25) is 9.59 Å². The SMILES string of the molecule is CCC1=NC(=O)NC(c2ccc(OC(C)=O)cc2Cl)C1C(=O)CCC1CCCCCC1. The van der Waals surface area contributed by atoms with Gasteiger partial charge in [0.05, 0.1) is 12.0 Å². The molecule has 1 saturated carbocycles. The number of nitrogens with zero attached hydrogens (tertiary/aromatic N) is 1. The van der Waals surface area contributed by atoms with Crippen LogP contribution in [0.1, 0.15) is 83.2 Å². The highest BCUT2D eigenvalue weighted by atomic mass is 35.5. The molecule has 7 heteroatoms. The molecule has 0 saturated heterocycles. The average Bonchev–Trinajstić information content (AvgIpc) is 3.00. The van der Waals surface area contributed by atoms with Crippen LogP contribution >= 0.6 is 11.6 Å². The van der Waals surface area contributed by atoms with E-state index in [4.69, 9.17) is 16.3 Å². The van der Waals surface area contributed by atoms with Gasteiger partial charge in [-0.25, -0.2) is 9.79 Å². The van der Waals surface area contributed by atoms with Crippen molar-refractivity contribution in [2.75, 3.05) is 0 Å². The molecule has 6 nitrogen and oxygen atoms in total. The van der Waals surface area contributed by atoms with Crippen LogP contribution in [0.3, 0.4) is 0 Å². The van der Waals surface area contributed by atoms with Gasteiger partial charge in [-0.2, -0.15) is 0 Å². The number of hydrogen-bond donors (Lipinski definition) is 1. The van der Waals surface area contributed by atoms with Crippen molar-refractivity contribution in [1.82, 2.24) is 5.32 Å². The van der Waals surface area contributed by atoms with Crippen molar-refractivity contribution in [2.45, 2.75) is 77.7 Å². The Morgan fingerprint density at radius 3 is 2.52 bits per heavy atom. The van der Waals surface area contributed by atoms with E-state index in [1.807, 2.05) is 6.92 Å². The van der Waals surface area contributed by atoms with Crippen LogP contribution in [0.4, 0.5) is 4.79 Å². The number of rotatable bonds is 7. The predicted molar refractivity (Wildman–Crippen MR) is 121 cm³/mol. The summed E-state index contributed by atoms with van der Waals surface area (Å²) in [5.41, 5.74) is 1.22. The van der Waals surface area contributed by atoms with Crippen LogP contribution in [0.5, 0.6) is 5.75 Å². The van der Waals surface area contributed by atoms with E-state index in [1.165, 1.54) is 51.5 Å². The Balaban J connectivity index is 1.82. The summed E-state index contributed by atoms with van der Waals surface area (Å²) in [5.74, 6) is 0.0305. The highest BCUT2D eigenvalue weighted by molar-refractivity contribution is 6.31. The molecule has 0 bridgehead atoms. The van der Waals surface area contributed by atoms with Crippen LogP contribution in [-0.2, 0) is 9.59 Å². The molecule has 31 heavy (non-hydrogen) atoms. The molecule has 1 aromatic carbocycles. The van der Waals surface area contributed by atoms with Gasteiger partial charge in [-0.15, -0.1) is 0 Å². The van der Waals surface area contributed by atoms with Gasteiger partial charge >= 0.3 is 12.0 Å². The summed E-state index contributed by atoms with van der Waals surface area (Å²) in [6.45, 7) is 3.22. The van der Waals surface area contributed by atoms with Gasteiger partial charge < -0.3 is 10.1 Å². The van der Waals surface area contributed by atoms with Gasteiger partial charge in [0.25, 0.3) is 0 Å². The molecule has 2 unspecified atom stereocenters. The van der Waals surface area contributed by atoms with Gasteiger partial charge in [0, 0.05) is 24.1 Å². The van der Waals surface area contributed by atoms with E-state index in [2.05, 4.69) is 10.3 Å². The second-order valence-electron chi connectivity index (χ2n) is 8.50. The third-order valence-corrected chi connectivity index (χ3v) is 6.60. The molecular formula is C24H31ClN2O4. The highest BCUT2D eigenvalue weighted by Crippen LogP contribution is 2.36. The third kappa shape index (κ3) is 6.16. The summed E-state index contributed by atoms with van der Waals surface area (Å²) in [7, 11) is 0. The van der Waals surface area contributed by atoms with E-state index in [-0.39, 0.29) is 5.78 Å². The summed E-state index contributed by atoms with van der Waals surface area (Å²) in [5, 5.41) is 3.17. The minimum absolute atomic E-state index is 0.0926. The first kappa shape index (κ1) is 23.5. The zero-order chi connectivity index (χ0) is 22.4. The molecule has 1 fully saturated rings. The topological polar surface area (TPSA) is 84.8 Å². The number of esters is 1. The summed E-state index contributed by atoms with van der Waals surface area (Å²) in [6.07, 6.45) is 9.32. The van der Waals surface area contributed by atoms with Crippen molar-refractivity contribution in [3.05, 3.63) is 28.8 Å². The van der Waals surface area contributed by atoms with Gasteiger partial charge in [0.2, 0.25) is 0 Å². The largest absolute Gasteiger partial charge is 0.427 e. The lowest BCUT2D eigenvalue weighted by Crippen LogP contribution is -2.44. The van der Waals surface area contributed by atoms with Crippen molar-refractivity contribution < 1.29 is 19.1 Å². The van der Waals surface area contributed by atoms with Crippen molar-refractivity contribution >= 4 is 35.1 Å². The molecule has 3 rings (SSSR count). The number of hydrogen-bond acceptors (Lipinski definition) is 4. The lowest BCUT2D eigenvalue weighted by atomic mass is 9.81. The molecule has 168 valence electrons. The maximum atomic E-state index is 13.4. The first-order chi connectivity index (χ1) is 14.9. The Morgan fingerprint density at radius 1 is 1.19 bits per heavy atom. The highest BCUT2D eigenvalue weighted by Gasteiger charge is 2.38. The lowest BCUT2D eigenvalue weighted by Gasteiger charge is -2.32. The van der Waals surface area contributed by atoms with Crippen molar-refractivity contribution in [1.29, 1.82) is 0 Å². The molecule has 2 aliphatic rings. The van der Waals surface area contributed by atoms with E-state index in [0.29, 0.717) is 40.8 Å². The second-order valence-corrected chi connectivity index (χ2v) is 8.91. The number of carbonyl (C=O) groups excluding carboxylic acids is 3. The number of halogens is 1. The fourth-order valence-corrected chi connectivity index (χ4v) is 5.00. The summed E-state index contributed by atoms with van der Waals surface area (Å²) in [4.78, 5) is 40.9. The Labute approximate surface area is 188 Å². The normalized spacial score (nSPS) is 22.3. The van der Waals surface area contributed by atoms with Crippen molar-refractivity contribution in [2.24, 2.45) is 16.8 Å². The Kier molecular flexibility index (Phi) is 8.24. The molecule has 1 aliphatic carbocycles. The van der Waals surface area contributed by atoms with Gasteiger partial charge in [-0.1, -0.05) is 63.1 Å².